The Kier molecular flexibility index (Phi) is 6.09. The van der Waals surface area contributed by atoms with Crippen molar-refractivity contribution < 1.29 is 9.90 Å². The number of nitrogens with one attached hydrogen (secondary N) is 1. The largest absolute Gasteiger partial charge is 0.395 e. The van der Waals surface area contributed by atoms with Crippen LogP contribution in [0.25, 0.3) is 0 Å². The molecule has 1 saturated heterocycles. The minimum Gasteiger partial charge on any atom is -0.395 e. The summed E-state index contributed by atoms with van der Waals surface area (Å²) in [5.74, 6) is 0.0830. The lowest BCUT2D eigenvalue weighted by atomic mass is 9.92. The van der Waals surface area contributed by atoms with Crippen LogP contribution in [-0.4, -0.2) is 48.2 Å². The van der Waals surface area contributed by atoms with Gasteiger partial charge in [0, 0.05) is 12.6 Å². The van der Waals surface area contributed by atoms with E-state index in [0.717, 1.165) is 38.8 Å². The maximum absolute atomic E-state index is 11.8. The van der Waals surface area contributed by atoms with Gasteiger partial charge in [0.25, 0.3) is 0 Å². The molecule has 0 aromatic carbocycles. The smallest absolute Gasteiger partial charge is 0.234 e. The van der Waals surface area contributed by atoms with Crippen molar-refractivity contribution >= 4 is 5.91 Å². The van der Waals surface area contributed by atoms with Gasteiger partial charge in [-0.15, -0.1) is 0 Å². The highest BCUT2D eigenvalue weighted by Gasteiger charge is 2.23. The molecule has 4 heteroatoms. The van der Waals surface area contributed by atoms with Crippen molar-refractivity contribution in [2.75, 3.05) is 26.2 Å². The standard InChI is InChI=1S/C14H28N2O2/c1-14(2,3)7-8-15-13(18)10-16-9-5-4-6-12(16)11-17/h12,17H,4-11H2,1-3H3,(H,15,18). The minimum atomic E-state index is 0.0830. The van der Waals surface area contributed by atoms with Crippen LogP contribution in [0.5, 0.6) is 0 Å². The zero-order valence-corrected chi connectivity index (χ0v) is 12.0. The van der Waals surface area contributed by atoms with Crippen LogP contribution >= 0.6 is 0 Å². The molecule has 0 saturated carbocycles. The number of hydrogen-bond acceptors (Lipinski definition) is 3. The molecule has 0 radical (unpaired) electrons. The summed E-state index contributed by atoms with van der Waals surface area (Å²) in [6, 6.07) is 0.173. The maximum atomic E-state index is 11.8. The van der Waals surface area contributed by atoms with Crippen LogP contribution in [0.4, 0.5) is 0 Å². The van der Waals surface area contributed by atoms with E-state index in [1.54, 1.807) is 0 Å². The van der Waals surface area contributed by atoms with Crippen LogP contribution < -0.4 is 5.32 Å². The second-order valence-corrected chi connectivity index (χ2v) is 6.46. The molecule has 1 aliphatic heterocycles. The number of carbonyl (C=O) groups excluding carboxylic acids is 1. The second-order valence-electron chi connectivity index (χ2n) is 6.46. The quantitative estimate of drug-likeness (QED) is 0.781. The fourth-order valence-electron chi connectivity index (χ4n) is 2.29. The first kappa shape index (κ1) is 15.4. The average molecular weight is 256 g/mol. The number of hydrogen-bond donors (Lipinski definition) is 2. The van der Waals surface area contributed by atoms with Gasteiger partial charge in [-0.25, -0.2) is 0 Å². The van der Waals surface area contributed by atoms with E-state index in [-0.39, 0.29) is 24.0 Å². The van der Waals surface area contributed by atoms with Gasteiger partial charge < -0.3 is 10.4 Å². The molecule has 18 heavy (non-hydrogen) atoms. The molecule has 0 bridgehead atoms. The van der Waals surface area contributed by atoms with E-state index in [4.69, 9.17) is 0 Å². The summed E-state index contributed by atoms with van der Waals surface area (Å²) >= 11 is 0. The summed E-state index contributed by atoms with van der Waals surface area (Å²) in [6.45, 7) is 8.77. The average Bonchev–Trinajstić information content (AvgIpc) is 2.28. The molecule has 0 aromatic heterocycles. The second kappa shape index (κ2) is 7.10. The predicted molar refractivity (Wildman–Crippen MR) is 73.4 cm³/mol. The summed E-state index contributed by atoms with van der Waals surface area (Å²) in [7, 11) is 0. The molecule has 1 atom stereocenters. The van der Waals surface area contributed by atoms with Gasteiger partial charge in [0.15, 0.2) is 0 Å². The van der Waals surface area contributed by atoms with Crippen LogP contribution in [0.15, 0.2) is 0 Å². The molecule has 4 nitrogen and oxygen atoms in total. The Labute approximate surface area is 111 Å². The van der Waals surface area contributed by atoms with E-state index in [0.29, 0.717) is 6.54 Å². The highest BCUT2D eigenvalue weighted by atomic mass is 16.3. The number of likely N-dealkylation sites (tertiary alicyclic amines) is 1. The molecule has 0 aromatic rings. The molecule has 1 unspecified atom stereocenters. The van der Waals surface area contributed by atoms with Gasteiger partial charge in [0.1, 0.15) is 0 Å². The highest BCUT2D eigenvalue weighted by Crippen LogP contribution is 2.17. The van der Waals surface area contributed by atoms with E-state index in [1.165, 1.54) is 0 Å². The summed E-state index contributed by atoms with van der Waals surface area (Å²) in [5.41, 5.74) is 0.256. The third-order valence-electron chi connectivity index (χ3n) is 3.50. The zero-order valence-electron chi connectivity index (χ0n) is 12.0. The van der Waals surface area contributed by atoms with Crippen molar-refractivity contribution in [1.29, 1.82) is 0 Å². The number of piperidine rings is 1. The number of rotatable bonds is 5. The number of carbonyl (C=O) groups is 1. The Morgan fingerprint density at radius 2 is 2.11 bits per heavy atom. The summed E-state index contributed by atoms with van der Waals surface area (Å²) in [4.78, 5) is 13.9. The summed E-state index contributed by atoms with van der Waals surface area (Å²) in [6.07, 6.45) is 4.28. The molecular weight excluding hydrogens is 228 g/mol. The number of nitrogens with zero attached hydrogens (tertiary/aromatic N) is 1. The number of aliphatic hydroxyl groups is 1. The van der Waals surface area contributed by atoms with Gasteiger partial charge in [-0.2, -0.15) is 0 Å². The Hall–Kier alpha value is -0.610. The van der Waals surface area contributed by atoms with Crippen LogP contribution in [-0.2, 0) is 4.79 Å². The van der Waals surface area contributed by atoms with E-state index in [2.05, 4.69) is 31.0 Å². The van der Waals surface area contributed by atoms with Crippen molar-refractivity contribution in [3.63, 3.8) is 0 Å². The number of aliphatic hydroxyl groups excluding tert-OH is 1. The minimum absolute atomic E-state index is 0.0830. The Bertz CT molecular complexity index is 261. The van der Waals surface area contributed by atoms with E-state index in [9.17, 15) is 9.90 Å². The molecule has 0 aliphatic carbocycles. The molecule has 1 rings (SSSR count). The van der Waals surface area contributed by atoms with Gasteiger partial charge in [-0.05, 0) is 31.2 Å². The summed E-state index contributed by atoms with van der Waals surface area (Å²) in [5, 5.41) is 12.3. The van der Waals surface area contributed by atoms with Crippen LogP contribution in [0.1, 0.15) is 46.5 Å². The topological polar surface area (TPSA) is 52.6 Å². The molecule has 1 aliphatic rings. The first-order valence-corrected chi connectivity index (χ1v) is 7.04. The first-order chi connectivity index (χ1) is 8.42. The third kappa shape index (κ3) is 5.83. The molecule has 1 amide bonds. The van der Waals surface area contributed by atoms with Gasteiger partial charge in [-0.3, -0.25) is 9.69 Å². The molecule has 2 N–H and O–H groups in total. The van der Waals surface area contributed by atoms with E-state index in [1.807, 2.05) is 0 Å². The Balaban J connectivity index is 2.26. The Morgan fingerprint density at radius 1 is 1.39 bits per heavy atom. The van der Waals surface area contributed by atoms with Crippen LogP contribution in [0.2, 0.25) is 0 Å². The first-order valence-electron chi connectivity index (χ1n) is 7.04. The lowest BCUT2D eigenvalue weighted by Crippen LogP contribution is -2.47. The monoisotopic (exact) mass is 256 g/mol. The van der Waals surface area contributed by atoms with Crippen molar-refractivity contribution in [3.8, 4) is 0 Å². The van der Waals surface area contributed by atoms with Gasteiger partial charge in [0.05, 0.1) is 13.2 Å². The lowest BCUT2D eigenvalue weighted by molar-refractivity contribution is -0.123. The molecule has 106 valence electrons. The van der Waals surface area contributed by atoms with Crippen molar-refractivity contribution in [2.24, 2.45) is 5.41 Å². The summed E-state index contributed by atoms with van der Waals surface area (Å²) < 4.78 is 0. The molecular formula is C14H28N2O2. The number of amides is 1. The Morgan fingerprint density at radius 3 is 2.72 bits per heavy atom. The normalized spacial score (nSPS) is 21.9. The van der Waals surface area contributed by atoms with Crippen molar-refractivity contribution in [3.05, 3.63) is 0 Å². The van der Waals surface area contributed by atoms with Crippen molar-refractivity contribution in [2.45, 2.75) is 52.5 Å². The third-order valence-corrected chi connectivity index (χ3v) is 3.50. The fourth-order valence-corrected chi connectivity index (χ4v) is 2.29. The van der Waals surface area contributed by atoms with E-state index >= 15 is 0 Å². The molecule has 1 fully saturated rings. The lowest BCUT2D eigenvalue weighted by Gasteiger charge is -2.33. The van der Waals surface area contributed by atoms with E-state index < -0.39 is 0 Å². The zero-order chi connectivity index (χ0) is 13.6. The van der Waals surface area contributed by atoms with Gasteiger partial charge in [0.2, 0.25) is 5.91 Å². The highest BCUT2D eigenvalue weighted by molar-refractivity contribution is 5.78. The van der Waals surface area contributed by atoms with Crippen LogP contribution in [0, 0.1) is 5.41 Å². The SMILES string of the molecule is CC(C)(C)CCNC(=O)CN1CCCCC1CO. The molecule has 0 spiro atoms. The van der Waals surface area contributed by atoms with Crippen LogP contribution in [0.3, 0.4) is 0 Å². The fraction of sp³-hybridized carbons (Fsp3) is 0.929. The molecule has 1 heterocycles. The van der Waals surface area contributed by atoms with Gasteiger partial charge >= 0.3 is 0 Å². The maximum Gasteiger partial charge on any atom is 0.234 e. The predicted octanol–water partition coefficient (Wildman–Crippen LogP) is 1.39. The van der Waals surface area contributed by atoms with Gasteiger partial charge in [-0.1, -0.05) is 27.2 Å². The van der Waals surface area contributed by atoms with Crippen molar-refractivity contribution in [1.82, 2.24) is 10.2 Å².